The lowest BCUT2D eigenvalue weighted by Crippen LogP contribution is -2.25. The highest BCUT2D eigenvalue weighted by Gasteiger charge is 2.41. The average Bonchev–Trinajstić information content (AvgIpc) is 3.41. The molecule has 0 saturated heterocycles. The molecule has 1 fully saturated rings. The van der Waals surface area contributed by atoms with Crippen molar-refractivity contribution >= 4 is 21.6 Å². The van der Waals surface area contributed by atoms with E-state index in [-0.39, 0.29) is 35.3 Å². The van der Waals surface area contributed by atoms with Gasteiger partial charge in [-0.25, -0.2) is 13.1 Å². The minimum absolute atomic E-state index is 0.0212. The zero-order valence-electron chi connectivity index (χ0n) is 15.0. The third-order valence-corrected chi connectivity index (χ3v) is 6.22. The van der Waals surface area contributed by atoms with Crippen LogP contribution in [0.25, 0.3) is 0 Å². The van der Waals surface area contributed by atoms with E-state index in [1.165, 1.54) is 36.1 Å². The molecule has 0 amide bonds. The van der Waals surface area contributed by atoms with Gasteiger partial charge in [-0.1, -0.05) is 11.6 Å². The maximum atomic E-state index is 13.1. The summed E-state index contributed by atoms with van der Waals surface area (Å²) in [4.78, 5) is 0.0773. The number of nitrogens with zero attached hydrogens (tertiary/aromatic N) is 2. The van der Waals surface area contributed by atoms with Gasteiger partial charge in [-0.15, -0.1) is 0 Å². The number of ether oxygens (including phenoxy) is 1. The van der Waals surface area contributed by atoms with Crippen molar-refractivity contribution in [2.45, 2.75) is 42.8 Å². The Bertz CT molecular complexity index is 939. The van der Waals surface area contributed by atoms with Gasteiger partial charge in [0.15, 0.2) is 5.69 Å². The number of nitrogens with one attached hydrogen (secondary N) is 1. The van der Waals surface area contributed by atoms with Crippen LogP contribution in [0.1, 0.15) is 36.6 Å². The molecule has 1 aromatic heterocycles. The van der Waals surface area contributed by atoms with Crippen LogP contribution in [-0.4, -0.2) is 31.9 Å². The number of methoxy groups -OCH3 is 1. The second kappa shape index (κ2) is 7.92. The Kier molecular flexibility index (Phi) is 5.92. The van der Waals surface area contributed by atoms with Crippen LogP contribution in [0, 0.1) is 0 Å². The molecule has 11 heteroatoms. The minimum Gasteiger partial charge on any atom is -0.497 e. The van der Waals surface area contributed by atoms with Crippen molar-refractivity contribution < 1.29 is 26.3 Å². The third-order valence-electron chi connectivity index (χ3n) is 4.37. The summed E-state index contributed by atoms with van der Waals surface area (Å²) in [5.74, 6) is 0.509. The van der Waals surface area contributed by atoms with E-state index in [9.17, 15) is 21.6 Å². The van der Waals surface area contributed by atoms with Gasteiger partial charge < -0.3 is 4.74 Å². The number of halogens is 4. The van der Waals surface area contributed by atoms with Crippen LogP contribution in [0.5, 0.6) is 5.75 Å². The molecule has 1 N–H and O–H groups in total. The molecular formula is C17H19ClF3N3O3S. The van der Waals surface area contributed by atoms with Gasteiger partial charge in [-0.3, -0.25) is 4.68 Å². The molecule has 0 unspecified atom stereocenters. The summed E-state index contributed by atoms with van der Waals surface area (Å²) in [7, 11) is -2.25. The summed E-state index contributed by atoms with van der Waals surface area (Å²) in [5, 5.41) is 3.27. The second-order valence-electron chi connectivity index (χ2n) is 6.47. The van der Waals surface area contributed by atoms with Gasteiger partial charge >= 0.3 is 6.18 Å². The van der Waals surface area contributed by atoms with Gasteiger partial charge in [0.1, 0.15) is 5.75 Å². The molecule has 1 saturated carbocycles. The molecular weight excluding hydrogens is 419 g/mol. The summed E-state index contributed by atoms with van der Waals surface area (Å²) in [6.45, 7) is 0.185. The number of aromatic nitrogens is 2. The van der Waals surface area contributed by atoms with Gasteiger partial charge in [0.05, 0.1) is 22.7 Å². The number of benzene rings is 1. The van der Waals surface area contributed by atoms with Crippen LogP contribution in [0.4, 0.5) is 13.2 Å². The highest BCUT2D eigenvalue weighted by molar-refractivity contribution is 7.89. The lowest BCUT2D eigenvalue weighted by Gasteiger charge is -2.09. The van der Waals surface area contributed by atoms with E-state index in [4.69, 9.17) is 16.3 Å². The molecule has 3 rings (SSSR count). The van der Waals surface area contributed by atoms with Crippen molar-refractivity contribution in [3.8, 4) is 5.75 Å². The molecule has 0 aliphatic heterocycles. The number of rotatable bonds is 8. The molecule has 154 valence electrons. The highest BCUT2D eigenvalue weighted by atomic mass is 35.5. The fourth-order valence-electron chi connectivity index (χ4n) is 2.82. The number of alkyl halides is 3. The van der Waals surface area contributed by atoms with Crippen molar-refractivity contribution in [3.05, 3.63) is 40.7 Å². The van der Waals surface area contributed by atoms with Crippen molar-refractivity contribution in [2.24, 2.45) is 0 Å². The zero-order valence-corrected chi connectivity index (χ0v) is 16.5. The Balaban J connectivity index is 1.63. The largest absolute Gasteiger partial charge is 0.497 e. The fraction of sp³-hybridized carbons (Fsp3) is 0.471. The van der Waals surface area contributed by atoms with E-state index in [1.54, 1.807) is 0 Å². The SMILES string of the molecule is COc1ccc(S(=O)(=O)NCCCn2nc(C(F)(F)F)c(Cl)c2C2CC2)cc1. The topological polar surface area (TPSA) is 73.2 Å². The van der Waals surface area contributed by atoms with Crippen molar-refractivity contribution in [3.63, 3.8) is 0 Å². The molecule has 2 aromatic rings. The summed E-state index contributed by atoms with van der Waals surface area (Å²) < 4.78 is 72.4. The second-order valence-corrected chi connectivity index (χ2v) is 8.61. The summed E-state index contributed by atoms with van der Waals surface area (Å²) in [6.07, 6.45) is -2.81. The molecule has 1 aliphatic carbocycles. The quantitative estimate of drug-likeness (QED) is 0.637. The standard InChI is InChI=1S/C17H19ClF3N3O3S/c1-27-12-5-7-13(8-6-12)28(25,26)22-9-2-10-24-15(11-3-4-11)14(18)16(23-24)17(19,20)21/h5-8,11,22H,2-4,9-10H2,1H3. The first kappa shape index (κ1) is 20.9. The van der Waals surface area contributed by atoms with E-state index in [1.807, 2.05) is 0 Å². The predicted octanol–water partition coefficient (Wildman–Crippen LogP) is 3.81. The van der Waals surface area contributed by atoms with E-state index in [0.29, 0.717) is 11.4 Å². The molecule has 1 heterocycles. The van der Waals surface area contributed by atoms with Gasteiger partial charge in [0, 0.05) is 19.0 Å². The predicted molar refractivity (Wildman–Crippen MR) is 97.0 cm³/mol. The highest BCUT2D eigenvalue weighted by Crippen LogP contribution is 2.46. The van der Waals surface area contributed by atoms with E-state index >= 15 is 0 Å². The minimum atomic E-state index is -4.62. The molecule has 28 heavy (non-hydrogen) atoms. The lowest BCUT2D eigenvalue weighted by molar-refractivity contribution is -0.141. The van der Waals surface area contributed by atoms with Crippen LogP contribution in [0.2, 0.25) is 5.02 Å². The van der Waals surface area contributed by atoms with Crippen molar-refractivity contribution in [1.82, 2.24) is 14.5 Å². The zero-order chi connectivity index (χ0) is 20.5. The summed E-state index contributed by atoms with van der Waals surface area (Å²) >= 11 is 5.91. The van der Waals surface area contributed by atoms with Crippen LogP contribution >= 0.6 is 11.6 Å². The number of hydrogen-bond acceptors (Lipinski definition) is 4. The van der Waals surface area contributed by atoms with Gasteiger partial charge in [-0.05, 0) is 43.5 Å². The van der Waals surface area contributed by atoms with Gasteiger partial charge in [0.2, 0.25) is 10.0 Å². The number of aryl methyl sites for hydroxylation is 1. The lowest BCUT2D eigenvalue weighted by atomic mass is 10.2. The van der Waals surface area contributed by atoms with E-state index in [2.05, 4.69) is 9.82 Å². The van der Waals surface area contributed by atoms with Crippen LogP contribution < -0.4 is 9.46 Å². The molecule has 0 atom stereocenters. The van der Waals surface area contributed by atoms with Crippen LogP contribution in [0.3, 0.4) is 0 Å². The maximum absolute atomic E-state index is 13.1. The van der Waals surface area contributed by atoms with Gasteiger partial charge in [-0.2, -0.15) is 18.3 Å². The van der Waals surface area contributed by atoms with Crippen molar-refractivity contribution in [2.75, 3.05) is 13.7 Å². The molecule has 1 aromatic carbocycles. The molecule has 6 nitrogen and oxygen atoms in total. The van der Waals surface area contributed by atoms with E-state index in [0.717, 1.165) is 12.8 Å². The smallest absolute Gasteiger partial charge is 0.436 e. The van der Waals surface area contributed by atoms with Crippen molar-refractivity contribution in [1.29, 1.82) is 0 Å². The first-order valence-electron chi connectivity index (χ1n) is 8.60. The number of sulfonamides is 1. The Morgan fingerprint density at radius 2 is 1.93 bits per heavy atom. The normalized spacial score (nSPS) is 15.0. The first-order valence-corrected chi connectivity index (χ1v) is 10.5. The third kappa shape index (κ3) is 4.61. The van der Waals surface area contributed by atoms with Crippen LogP contribution in [0.15, 0.2) is 29.2 Å². The molecule has 0 radical (unpaired) electrons. The Morgan fingerprint density at radius 1 is 1.29 bits per heavy atom. The Hall–Kier alpha value is -1.78. The Labute approximate surface area is 165 Å². The average molecular weight is 438 g/mol. The maximum Gasteiger partial charge on any atom is 0.436 e. The number of hydrogen-bond donors (Lipinski definition) is 1. The summed E-state index contributed by atoms with van der Waals surface area (Å²) in [6, 6.07) is 5.88. The first-order chi connectivity index (χ1) is 13.1. The fourth-order valence-corrected chi connectivity index (χ4v) is 4.30. The van der Waals surface area contributed by atoms with E-state index < -0.39 is 21.9 Å². The van der Waals surface area contributed by atoms with Gasteiger partial charge in [0.25, 0.3) is 0 Å². The Morgan fingerprint density at radius 3 is 2.46 bits per heavy atom. The van der Waals surface area contributed by atoms with Crippen LogP contribution in [-0.2, 0) is 22.7 Å². The monoisotopic (exact) mass is 437 g/mol. The molecule has 1 aliphatic rings. The molecule has 0 spiro atoms. The summed E-state index contributed by atoms with van der Waals surface area (Å²) in [5.41, 5.74) is -0.707. The molecule has 0 bridgehead atoms.